The first-order chi connectivity index (χ1) is 9.31. The van der Waals surface area contributed by atoms with Crippen LogP contribution in [0.4, 0.5) is 5.69 Å². The van der Waals surface area contributed by atoms with Crippen LogP contribution in [0, 0.1) is 24.0 Å². The summed E-state index contributed by atoms with van der Waals surface area (Å²) < 4.78 is 5.60. The lowest BCUT2D eigenvalue weighted by Gasteiger charge is -2.13. The van der Waals surface area contributed by atoms with Gasteiger partial charge in [0.1, 0.15) is 6.61 Å². The largest absolute Gasteiger partial charge is 0.482 e. The summed E-state index contributed by atoms with van der Waals surface area (Å²) in [5.41, 5.74) is 2.48. The van der Waals surface area contributed by atoms with Crippen molar-refractivity contribution in [2.24, 2.45) is 0 Å². The molecule has 0 saturated carbocycles. The monoisotopic (exact) mass is 278 g/mol. The van der Waals surface area contributed by atoms with Gasteiger partial charge in [0.05, 0.1) is 4.92 Å². The van der Waals surface area contributed by atoms with Crippen molar-refractivity contribution < 1.29 is 9.66 Å². The van der Waals surface area contributed by atoms with Crippen molar-refractivity contribution in [2.75, 3.05) is 13.2 Å². The van der Waals surface area contributed by atoms with Crippen LogP contribution in [-0.4, -0.2) is 24.1 Å². The van der Waals surface area contributed by atoms with Crippen LogP contribution < -0.4 is 10.1 Å². The van der Waals surface area contributed by atoms with Crippen LogP contribution in [0.15, 0.2) is 24.3 Å². The summed E-state index contributed by atoms with van der Waals surface area (Å²) in [7, 11) is 0. The van der Waals surface area contributed by atoms with E-state index in [9.17, 15) is 10.1 Å². The first-order valence-corrected chi connectivity index (χ1v) is 6.59. The number of benzene rings is 1. The van der Waals surface area contributed by atoms with Crippen molar-refractivity contribution in [1.82, 2.24) is 5.32 Å². The van der Waals surface area contributed by atoms with Gasteiger partial charge in [-0.25, -0.2) is 0 Å². The average Bonchev–Trinajstić information content (AvgIpc) is 2.34. The van der Waals surface area contributed by atoms with Crippen LogP contribution in [0.5, 0.6) is 5.75 Å². The van der Waals surface area contributed by atoms with Gasteiger partial charge in [0.15, 0.2) is 5.75 Å². The molecule has 1 rings (SSSR count). The number of rotatable bonds is 7. The molecular formula is C15H22N2O3. The lowest BCUT2D eigenvalue weighted by Crippen LogP contribution is -2.26. The van der Waals surface area contributed by atoms with E-state index in [0.717, 1.165) is 16.7 Å². The SMILES string of the molecule is C=C(CNC(C)C)COc1c(C)cc(C)cc1[N+](=O)[O-]. The second-order valence-electron chi connectivity index (χ2n) is 5.26. The standard InChI is InChI=1S/C15H22N2O3/c1-10(2)16-8-12(4)9-20-15-13(5)6-11(3)7-14(15)17(18)19/h6-7,10,16H,4,8-9H2,1-3,5H3. The van der Waals surface area contributed by atoms with E-state index >= 15 is 0 Å². The molecule has 20 heavy (non-hydrogen) atoms. The lowest BCUT2D eigenvalue weighted by molar-refractivity contribution is -0.385. The van der Waals surface area contributed by atoms with Gasteiger partial charge in [0.2, 0.25) is 0 Å². The van der Waals surface area contributed by atoms with Crippen LogP contribution in [0.25, 0.3) is 0 Å². The van der Waals surface area contributed by atoms with Crippen LogP contribution >= 0.6 is 0 Å². The number of hydrogen-bond donors (Lipinski definition) is 1. The van der Waals surface area contributed by atoms with Gasteiger partial charge in [-0.1, -0.05) is 26.5 Å². The third kappa shape index (κ3) is 4.66. The molecule has 1 aromatic carbocycles. The molecule has 0 aliphatic heterocycles. The van der Waals surface area contributed by atoms with Gasteiger partial charge in [-0.2, -0.15) is 0 Å². The molecule has 0 aliphatic rings. The smallest absolute Gasteiger partial charge is 0.311 e. The molecule has 0 spiro atoms. The van der Waals surface area contributed by atoms with E-state index in [1.54, 1.807) is 0 Å². The topological polar surface area (TPSA) is 64.4 Å². The Labute approximate surface area is 119 Å². The summed E-state index contributed by atoms with van der Waals surface area (Å²) in [6.45, 7) is 12.5. The van der Waals surface area contributed by atoms with Crippen LogP contribution in [-0.2, 0) is 0 Å². The quantitative estimate of drug-likeness (QED) is 0.473. The maximum atomic E-state index is 11.1. The molecular weight excluding hydrogens is 256 g/mol. The van der Waals surface area contributed by atoms with E-state index in [0.29, 0.717) is 18.3 Å². The van der Waals surface area contributed by atoms with Crippen LogP contribution in [0.2, 0.25) is 0 Å². The lowest BCUT2D eigenvalue weighted by atomic mass is 10.1. The van der Waals surface area contributed by atoms with E-state index < -0.39 is 4.92 Å². The third-order valence-corrected chi connectivity index (χ3v) is 2.78. The fraction of sp³-hybridized carbons (Fsp3) is 0.467. The van der Waals surface area contributed by atoms with Crippen molar-refractivity contribution in [3.63, 3.8) is 0 Å². The van der Waals surface area contributed by atoms with E-state index in [1.165, 1.54) is 6.07 Å². The molecule has 0 amide bonds. The molecule has 5 heteroatoms. The van der Waals surface area contributed by atoms with Gasteiger partial charge in [0.25, 0.3) is 0 Å². The van der Waals surface area contributed by atoms with Gasteiger partial charge >= 0.3 is 5.69 Å². The summed E-state index contributed by atoms with van der Waals surface area (Å²) in [4.78, 5) is 10.7. The number of nitro groups is 1. The molecule has 0 fully saturated rings. The summed E-state index contributed by atoms with van der Waals surface area (Å²) in [6, 6.07) is 3.76. The zero-order valence-corrected chi connectivity index (χ0v) is 12.5. The predicted octanol–water partition coefficient (Wildman–Crippen LogP) is 3.14. The maximum absolute atomic E-state index is 11.1. The Morgan fingerprint density at radius 1 is 1.45 bits per heavy atom. The van der Waals surface area contributed by atoms with Gasteiger partial charge in [-0.05, 0) is 30.5 Å². The second-order valence-corrected chi connectivity index (χ2v) is 5.26. The van der Waals surface area contributed by atoms with Gasteiger partial charge < -0.3 is 10.1 Å². The molecule has 0 radical (unpaired) electrons. The Hall–Kier alpha value is -1.88. The highest BCUT2D eigenvalue weighted by molar-refractivity contribution is 5.53. The Bertz CT molecular complexity index is 510. The van der Waals surface area contributed by atoms with Crippen LogP contribution in [0.1, 0.15) is 25.0 Å². The maximum Gasteiger partial charge on any atom is 0.311 e. The number of ether oxygens (including phenoxy) is 1. The van der Waals surface area contributed by atoms with Gasteiger partial charge in [-0.3, -0.25) is 10.1 Å². The minimum atomic E-state index is -0.412. The third-order valence-electron chi connectivity index (χ3n) is 2.78. The Balaban J connectivity index is 2.77. The number of aryl methyl sites for hydroxylation is 2. The minimum absolute atomic E-state index is 0.00659. The summed E-state index contributed by atoms with van der Waals surface area (Å²) >= 11 is 0. The number of hydrogen-bond acceptors (Lipinski definition) is 4. The highest BCUT2D eigenvalue weighted by Gasteiger charge is 2.18. The molecule has 1 N–H and O–H groups in total. The zero-order chi connectivity index (χ0) is 15.3. The van der Waals surface area contributed by atoms with E-state index in [4.69, 9.17) is 4.74 Å². The van der Waals surface area contributed by atoms with Crippen LogP contribution in [0.3, 0.4) is 0 Å². The first-order valence-electron chi connectivity index (χ1n) is 6.59. The van der Waals surface area contributed by atoms with E-state index in [2.05, 4.69) is 11.9 Å². The molecule has 0 bridgehead atoms. The summed E-state index contributed by atoms with van der Waals surface area (Å²) in [5, 5.41) is 14.3. The van der Waals surface area contributed by atoms with Crippen molar-refractivity contribution >= 4 is 5.69 Å². The number of nitro benzene ring substituents is 1. The molecule has 0 saturated heterocycles. The molecule has 0 unspecified atom stereocenters. The fourth-order valence-corrected chi connectivity index (χ4v) is 1.83. The van der Waals surface area contributed by atoms with Crippen molar-refractivity contribution in [3.05, 3.63) is 45.5 Å². The van der Waals surface area contributed by atoms with Gasteiger partial charge in [0, 0.05) is 18.7 Å². The fourth-order valence-electron chi connectivity index (χ4n) is 1.83. The predicted molar refractivity (Wildman–Crippen MR) is 80.3 cm³/mol. The van der Waals surface area contributed by atoms with E-state index in [-0.39, 0.29) is 12.3 Å². The Morgan fingerprint density at radius 2 is 2.10 bits per heavy atom. The average molecular weight is 278 g/mol. The van der Waals surface area contributed by atoms with Gasteiger partial charge in [-0.15, -0.1) is 0 Å². The Kier molecular flexibility index (Phi) is 5.70. The van der Waals surface area contributed by atoms with Crippen molar-refractivity contribution in [3.8, 4) is 5.75 Å². The second kappa shape index (κ2) is 7.05. The minimum Gasteiger partial charge on any atom is -0.482 e. The highest BCUT2D eigenvalue weighted by Crippen LogP contribution is 2.32. The molecule has 1 aromatic rings. The molecule has 5 nitrogen and oxygen atoms in total. The molecule has 0 aromatic heterocycles. The molecule has 0 aliphatic carbocycles. The summed E-state index contributed by atoms with van der Waals surface area (Å²) in [6.07, 6.45) is 0. The van der Waals surface area contributed by atoms with Crippen molar-refractivity contribution in [2.45, 2.75) is 33.7 Å². The number of nitrogens with zero attached hydrogens (tertiary/aromatic N) is 1. The molecule has 110 valence electrons. The highest BCUT2D eigenvalue weighted by atomic mass is 16.6. The first kappa shape index (κ1) is 16.2. The zero-order valence-electron chi connectivity index (χ0n) is 12.5. The summed E-state index contributed by atoms with van der Waals surface area (Å²) in [5.74, 6) is 0.325. The normalized spacial score (nSPS) is 10.7. The molecule has 0 atom stereocenters. The van der Waals surface area contributed by atoms with Crippen molar-refractivity contribution in [1.29, 1.82) is 0 Å². The van der Waals surface area contributed by atoms with E-state index in [1.807, 2.05) is 33.8 Å². The Morgan fingerprint density at radius 3 is 2.65 bits per heavy atom. The number of nitrogens with one attached hydrogen (secondary N) is 1. The molecule has 0 heterocycles.